The van der Waals surface area contributed by atoms with Gasteiger partial charge in [-0.3, -0.25) is 4.79 Å². The first-order valence-electron chi connectivity index (χ1n) is 7.81. The number of ether oxygens (including phenoxy) is 2. The first kappa shape index (κ1) is 25.5. The maximum atomic E-state index is 13.2. The molecule has 0 heterocycles. The minimum Gasteiger partial charge on any atom is -1.00 e. The summed E-state index contributed by atoms with van der Waals surface area (Å²) in [7, 11) is 0.499. The van der Waals surface area contributed by atoms with Crippen molar-refractivity contribution in [3.63, 3.8) is 0 Å². The van der Waals surface area contributed by atoms with Crippen molar-refractivity contribution in [3.8, 4) is 5.75 Å². The molecular weight excluding hydrogens is 416 g/mol. The van der Waals surface area contributed by atoms with Gasteiger partial charge in [0, 0.05) is 12.7 Å². The van der Waals surface area contributed by atoms with Crippen LogP contribution in [0.25, 0.3) is 0 Å². The normalized spacial score (nSPS) is 13.2. The van der Waals surface area contributed by atoms with Gasteiger partial charge >= 0.3 is 31.2 Å². The third kappa shape index (κ3) is 6.75. The van der Waals surface area contributed by atoms with Crippen molar-refractivity contribution in [1.29, 1.82) is 0 Å². The summed E-state index contributed by atoms with van der Waals surface area (Å²) in [6.45, 7) is 1.63. The molecule has 0 saturated heterocycles. The summed E-state index contributed by atoms with van der Waals surface area (Å²) >= 11 is 0. The number of carbonyl (C=O) groups is 1. The standard InChI is InChI=1S/C18H15F6O3P.Li.H/c1-10(26-2)27-11-6-8-12(9-7-11)28-16(25)15-13(17(19,20)21)4-3-5-14(15)18(22,23)24;;/h3-10,28H,1-2H3;;/q;+1;-1. The molecule has 11 heteroatoms. The van der Waals surface area contributed by atoms with E-state index in [0.717, 1.165) is 0 Å². The molecule has 0 aliphatic carbocycles. The van der Waals surface area contributed by atoms with Gasteiger partial charge in [0.1, 0.15) is 5.75 Å². The summed E-state index contributed by atoms with van der Waals surface area (Å²) < 4.78 is 89.3. The second-order valence-corrected chi connectivity index (χ2v) is 6.90. The largest absolute Gasteiger partial charge is 1.00 e. The van der Waals surface area contributed by atoms with Crippen molar-refractivity contribution in [1.82, 2.24) is 0 Å². The Hall–Kier alpha value is -1.52. The van der Waals surface area contributed by atoms with E-state index >= 15 is 0 Å². The number of methoxy groups -OCH3 is 1. The van der Waals surface area contributed by atoms with Gasteiger partial charge in [-0.2, -0.15) is 26.3 Å². The first-order chi connectivity index (χ1) is 12.9. The van der Waals surface area contributed by atoms with E-state index in [9.17, 15) is 31.1 Å². The summed E-state index contributed by atoms with van der Waals surface area (Å²) in [6, 6.07) is 7.27. The van der Waals surface area contributed by atoms with E-state index in [1.807, 2.05) is 0 Å². The summed E-state index contributed by atoms with van der Waals surface area (Å²) in [5.74, 6) is 0.377. The van der Waals surface area contributed by atoms with E-state index in [0.29, 0.717) is 23.9 Å². The number of hydrogen-bond acceptors (Lipinski definition) is 3. The van der Waals surface area contributed by atoms with E-state index in [4.69, 9.17) is 9.47 Å². The van der Waals surface area contributed by atoms with Crippen LogP contribution in [-0.4, -0.2) is 18.9 Å². The van der Waals surface area contributed by atoms with Crippen molar-refractivity contribution in [3.05, 3.63) is 59.2 Å². The fourth-order valence-electron chi connectivity index (χ4n) is 2.32. The van der Waals surface area contributed by atoms with Gasteiger partial charge in [0.15, 0.2) is 11.8 Å². The fourth-order valence-corrected chi connectivity index (χ4v) is 3.31. The zero-order valence-corrected chi connectivity index (χ0v) is 16.6. The molecule has 2 atom stereocenters. The first-order valence-corrected chi connectivity index (χ1v) is 8.81. The van der Waals surface area contributed by atoms with Crippen molar-refractivity contribution < 1.29 is 60.9 Å². The van der Waals surface area contributed by atoms with Crippen LogP contribution in [0.15, 0.2) is 42.5 Å². The molecular formula is C18H16F6LiO3P. The molecule has 0 bridgehead atoms. The van der Waals surface area contributed by atoms with Gasteiger partial charge in [-0.15, -0.1) is 0 Å². The van der Waals surface area contributed by atoms with Gasteiger partial charge in [0.2, 0.25) is 0 Å². The number of rotatable bonds is 6. The molecule has 0 N–H and O–H groups in total. The quantitative estimate of drug-likeness (QED) is 0.305. The predicted molar refractivity (Wildman–Crippen MR) is 93.4 cm³/mol. The van der Waals surface area contributed by atoms with Gasteiger partial charge < -0.3 is 10.9 Å². The van der Waals surface area contributed by atoms with E-state index in [-0.39, 0.29) is 25.6 Å². The second kappa shape index (κ2) is 9.99. The molecule has 154 valence electrons. The Morgan fingerprint density at radius 2 is 1.45 bits per heavy atom. The number of carbonyl (C=O) groups excluding carboxylic acids is 1. The maximum Gasteiger partial charge on any atom is 1.00 e. The molecule has 3 nitrogen and oxygen atoms in total. The molecule has 0 radical (unpaired) electrons. The smallest absolute Gasteiger partial charge is 1.00 e. The van der Waals surface area contributed by atoms with Gasteiger partial charge in [-0.25, -0.2) is 0 Å². The molecule has 2 aromatic rings. The summed E-state index contributed by atoms with van der Waals surface area (Å²) in [4.78, 5) is 12.4. The minimum atomic E-state index is -5.09. The average Bonchev–Trinajstić information content (AvgIpc) is 2.61. The monoisotopic (exact) mass is 432 g/mol. The third-order valence-corrected chi connectivity index (χ3v) is 4.75. The van der Waals surface area contributed by atoms with Crippen molar-refractivity contribution >= 4 is 19.4 Å². The minimum absolute atomic E-state index is 0. The van der Waals surface area contributed by atoms with Gasteiger partial charge in [-0.05, 0) is 45.1 Å². The van der Waals surface area contributed by atoms with Gasteiger partial charge in [0.05, 0.1) is 11.1 Å². The summed E-state index contributed by atoms with van der Waals surface area (Å²) in [6.07, 6.45) is -10.7. The summed E-state index contributed by atoms with van der Waals surface area (Å²) in [5.41, 5.74) is -5.82. The zero-order chi connectivity index (χ0) is 21.1. The molecule has 2 rings (SSSR count). The Morgan fingerprint density at radius 3 is 1.86 bits per heavy atom. The molecule has 0 aromatic heterocycles. The van der Waals surface area contributed by atoms with Crippen LogP contribution < -0.4 is 28.9 Å². The Bertz CT molecular complexity index is 811. The number of benzene rings is 2. The van der Waals surface area contributed by atoms with Crippen LogP contribution in [-0.2, 0) is 17.1 Å². The number of hydrogen-bond donors (Lipinski definition) is 0. The molecule has 0 aliphatic heterocycles. The van der Waals surface area contributed by atoms with Crippen LogP contribution >= 0.6 is 8.58 Å². The third-order valence-electron chi connectivity index (χ3n) is 3.65. The van der Waals surface area contributed by atoms with Gasteiger partial charge in [0.25, 0.3) is 0 Å². The van der Waals surface area contributed by atoms with Crippen molar-refractivity contribution in [2.45, 2.75) is 25.6 Å². The van der Waals surface area contributed by atoms with Crippen LogP contribution in [0.4, 0.5) is 26.3 Å². The Balaban J connectivity index is 0.00000420. The zero-order valence-electron chi connectivity index (χ0n) is 16.6. The molecule has 0 spiro atoms. The molecule has 29 heavy (non-hydrogen) atoms. The van der Waals surface area contributed by atoms with Gasteiger partial charge in [-0.1, -0.05) is 18.2 Å². The van der Waals surface area contributed by atoms with Crippen LogP contribution in [0.2, 0.25) is 0 Å². The van der Waals surface area contributed by atoms with E-state index in [1.54, 1.807) is 6.92 Å². The molecule has 0 amide bonds. The van der Waals surface area contributed by atoms with Crippen LogP contribution in [0.5, 0.6) is 5.75 Å². The average molecular weight is 432 g/mol. The molecule has 0 fully saturated rings. The number of halogens is 6. The molecule has 2 unspecified atom stereocenters. The van der Waals surface area contributed by atoms with E-state index < -0.39 is 49.4 Å². The van der Waals surface area contributed by atoms with Crippen molar-refractivity contribution in [2.24, 2.45) is 0 Å². The summed E-state index contributed by atoms with van der Waals surface area (Å²) in [5, 5.41) is 0.271. The Morgan fingerprint density at radius 1 is 0.966 bits per heavy atom. The molecule has 0 saturated carbocycles. The predicted octanol–water partition coefficient (Wildman–Crippen LogP) is 2.36. The van der Waals surface area contributed by atoms with Crippen LogP contribution in [0, 0.1) is 0 Å². The van der Waals surface area contributed by atoms with Crippen molar-refractivity contribution in [2.75, 3.05) is 7.11 Å². The van der Waals surface area contributed by atoms with E-state index in [1.165, 1.54) is 31.4 Å². The Labute approximate surface area is 178 Å². The Kier molecular flexibility index (Phi) is 8.79. The molecule has 0 aliphatic rings. The SMILES string of the molecule is COC(C)Oc1ccc(PC(=O)c2c(C(F)(F)F)cccc2C(F)(F)F)cc1.[H-].[Li+]. The maximum absolute atomic E-state index is 13.2. The second-order valence-electron chi connectivity index (χ2n) is 5.62. The molecule has 2 aromatic carbocycles. The number of alkyl halides is 6. The van der Waals surface area contributed by atoms with Crippen LogP contribution in [0.1, 0.15) is 29.8 Å². The topological polar surface area (TPSA) is 35.5 Å². The van der Waals surface area contributed by atoms with Crippen LogP contribution in [0.3, 0.4) is 0 Å². The van der Waals surface area contributed by atoms with E-state index in [2.05, 4.69) is 0 Å². The fraction of sp³-hybridized carbons (Fsp3) is 0.278.